The van der Waals surface area contributed by atoms with Gasteiger partial charge in [0.15, 0.2) is 17.5 Å². The molecule has 0 N–H and O–H groups in total. The van der Waals surface area contributed by atoms with E-state index in [0.29, 0.717) is 28.5 Å². The Morgan fingerprint density at radius 3 is 1.26 bits per heavy atom. The lowest BCUT2D eigenvalue weighted by molar-refractivity contribution is -0.137. The molecule has 0 spiro atoms. The summed E-state index contributed by atoms with van der Waals surface area (Å²) in [7, 11) is 0. The Labute approximate surface area is 421 Å². The molecule has 356 valence electrons. The molecule has 0 bridgehead atoms. The van der Waals surface area contributed by atoms with Crippen molar-refractivity contribution >= 4 is 43.6 Å². The van der Waals surface area contributed by atoms with E-state index in [4.69, 9.17) is 15.0 Å². The lowest BCUT2D eigenvalue weighted by Gasteiger charge is -2.18. The van der Waals surface area contributed by atoms with E-state index in [0.717, 1.165) is 88.7 Å². The van der Waals surface area contributed by atoms with Crippen LogP contribution in [0.5, 0.6) is 0 Å². The van der Waals surface area contributed by atoms with Gasteiger partial charge in [0.2, 0.25) is 0 Å². The Morgan fingerprint density at radius 2 is 0.767 bits per heavy atom. The quantitative estimate of drug-likeness (QED) is 0.160. The minimum atomic E-state index is -4.66. The minimum Gasteiger partial charge on any atom is -0.308 e. The van der Waals surface area contributed by atoms with Gasteiger partial charge < -0.3 is 9.13 Å². The fourth-order valence-electron chi connectivity index (χ4n) is 11.5. The molecule has 3 heterocycles. The molecule has 0 radical (unpaired) electrons. The number of alkyl halides is 3. The second-order valence-corrected chi connectivity index (χ2v) is 19.6. The summed E-state index contributed by atoms with van der Waals surface area (Å²) in [4.78, 5) is 15.7. The van der Waals surface area contributed by atoms with Crippen molar-refractivity contribution in [1.82, 2.24) is 24.1 Å². The van der Waals surface area contributed by atoms with E-state index in [-0.39, 0.29) is 11.4 Å². The second kappa shape index (κ2) is 17.3. The Balaban J connectivity index is 1.14. The molecule has 0 amide bonds. The molecule has 3 aromatic heterocycles. The monoisotopic (exact) mass is 957 g/mol. The molecule has 0 aliphatic heterocycles. The summed E-state index contributed by atoms with van der Waals surface area (Å²) in [6, 6.07) is 58.1. The van der Waals surface area contributed by atoms with Crippen molar-refractivity contribution in [2.24, 2.45) is 0 Å². The SMILES string of the molecule is Cc1cc(C)c(-c2ccc3c4ccccc4n(-c4ccc(C)cc4-c4nc(-c5ccccc5)nc(-c5cc(C(F)(F)F)ccc5-n5c6ccccc6c6ccc(-c7c(C)cc(C)cc7C)cc65)n4)c3c2)c(C)c1. The number of hydrogen-bond acceptors (Lipinski definition) is 3. The molecular weight excluding hydrogens is 908 g/mol. The normalized spacial score (nSPS) is 12.0. The molecule has 0 aliphatic rings. The van der Waals surface area contributed by atoms with Gasteiger partial charge in [-0.1, -0.05) is 138 Å². The first-order valence-electron chi connectivity index (χ1n) is 24.6. The van der Waals surface area contributed by atoms with Gasteiger partial charge in [0.1, 0.15) is 0 Å². The summed E-state index contributed by atoms with van der Waals surface area (Å²) in [5.41, 5.74) is 18.3. The second-order valence-electron chi connectivity index (χ2n) is 19.6. The average molecular weight is 958 g/mol. The Bertz CT molecular complexity index is 4170. The molecule has 12 aromatic rings. The summed E-state index contributed by atoms with van der Waals surface area (Å²) in [6.45, 7) is 14.8. The molecule has 0 fully saturated rings. The Hall–Kier alpha value is -8.62. The van der Waals surface area contributed by atoms with E-state index in [1.54, 1.807) is 6.07 Å². The van der Waals surface area contributed by atoms with Crippen LogP contribution >= 0.6 is 0 Å². The van der Waals surface area contributed by atoms with E-state index < -0.39 is 11.7 Å². The summed E-state index contributed by atoms with van der Waals surface area (Å²) in [6.07, 6.45) is -4.66. The van der Waals surface area contributed by atoms with E-state index >= 15 is 13.2 Å². The van der Waals surface area contributed by atoms with Gasteiger partial charge in [0.25, 0.3) is 0 Å². The van der Waals surface area contributed by atoms with Crippen molar-refractivity contribution in [3.05, 3.63) is 220 Å². The maximum absolute atomic E-state index is 15.1. The van der Waals surface area contributed by atoms with Crippen molar-refractivity contribution in [2.45, 2.75) is 54.6 Å². The zero-order chi connectivity index (χ0) is 50.4. The first-order chi connectivity index (χ1) is 35.2. The predicted octanol–water partition coefficient (Wildman–Crippen LogP) is 17.6. The molecular formula is C65H50F3N5. The van der Waals surface area contributed by atoms with Crippen molar-refractivity contribution in [3.8, 4) is 67.8 Å². The number of halogens is 3. The molecule has 12 rings (SSSR count). The Morgan fingerprint density at radius 1 is 0.342 bits per heavy atom. The van der Waals surface area contributed by atoms with Crippen LogP contribution in [-0.2, 0) is 6.18 Å². The number of hydrogen-bond donors (Lipinski definition) is 0. The molecule has 0 unspecified atom stereocenters. The van der Waals surface area contributed by atoms with E-state index in [2.05, 4.69) is 154 Å². The number of benzene rings is 9. The third-order valence-electron chi connectivity index (χ3n) is 14.4. The van der Waals surface area contributed by atoms with Gasteiger partial charge >= 0.3 is 6.18 Å². The molecule has 0 aliphatic carbocycles. The van der Waals surface area contributed by atoms with Crippen LogP contribution < -0.4 is 0 Å². The first kappa shape index (κ1) is 45.5. The summed E-state index contributed by atoms with van der Waals surface area (Å²) >= 11 is 0. The van der Waals surface area contributed by atoms with Crippen LogP contribution in [0.1, 0.15) is 44.5 Å². The van der Waals surface area contributed by atoms with Gasteiger partial charge in [-0.3, -0.25) is 0 Å². The highest BCUT2D eigenvalue weighted by atomic mass is 19.4. The number of rotatable bonds is 7. The van der Waals surface area contributed by atoms with Crippen molar-refractivity contribution in [2.75, 3.05) is 0 Å². The van der Waals surface area contributed by atoms with Gasteiger partial charge in [-0.05, 0) is 148 Å². The number of aryl methyl sites for hydroxylation is 7. The minimum absolute atomic E-state index is 0.111. The highest BCUT2D eigenvalue weighted by molar-refractivity contribution is 6.12. The van der Waals surface area contributed by atoms with E-state index in [1.807, 2.05) is 61.5 Å². The zero-order valence-electron chi connectivity index (χ0n) is 41.6. The number of nitrogens with zero attached hydrogens (tertiary/aromatic N) is 5. The van der Waals surface area contributed by atoms with Crippen LogP contribution in [0.4, 0.5) is 13.2 Å². The first-order valence-corrected chi connectivity index (χ1v) is 24.6. The van der Waals surface area contributed by atoms with Crippen LogP contribution in [0, 0.1) is 48.5 Å². The van der Waals surface area contributed by atoms with Crippen molar-refractivity contribution < 1.29 is 13.2 Å². The Kier molecular flexibility index (Phi) is 10.8. The number of aromatic nitrogens is 5. The standard InChI is InChI=1S/C65H50F3N5/c1-37-21-27-56(72-54-19-13-11-17-48(54)50-25-22-45(34-58(50)72)60-40(4)29-38(2)30-41(60)5)52(33-37)63-69-62(44-15-9-8-10-16-44)70-64(71-63)53-36-47(65(66,67)68)24-28-57(53)73-55-20-14-12-18-49(55)51-26-23-46(35-59(51)73)61-42(6)31-39(3)32-43(61)7/h8-36H,1-7H3. The number of para-hydroxylation sites is 2. The summed E-state index contributed by atoms with van der Waals surface area (Å²) < 4.78 is 49.8. The fourth-order valence-corrected chi connectivity index (χ4v) is 11.5. The molecule has 0 saturated heterocycles. The molecule has 8 heteroatoms. The van der Waals surface area contributed by atoms with Gasteiger partial charge in [-0.25, -0.2) is 15.0 Å². The lowest BCUT2D eigenvalue weighted by atomic mass is 9.93. The number of fused-ring (bicyclic) bond motifs is 6. The summed E-state index contributed by atoms with van der Waals surface area (Å²) in [5, 5.41) is 4.12. The van der Waals surface area contributed by atoms with Crippen molar-refractivity contribution in [3.63, 3.8) is 0 Å². The molecule has 0 atom stereocenters. The third-order valence-corrected chi connectivity index (χ3v) is 14.4. The fraction of sp³-hybridized carbons (Fsp3) is 0.123. The highest BCUT2D eigenvalue weighted by Crippen LogP contribution is 2.43. The van der Waals surface area contributed by atoms with Crippen LogP contribution in [0.2, 0.25) is 0 Å². The van der Waals surface area contributed by atoms with Crippen LogP contribution in [0.25, 0.3) is 111 Å². The van der Waals surface area contributed by atoms with E-state index in [1.165, 1.54) is 33.9 Å². The molecule has 73 heavy (non-hydrogen) atoms. The topological polar surface area (TPSA) is 48.5 Å². The van der Waals surface area contributed by atoms with Crippen molar-refractivity contribution in [1.29, 1.82) is 0 Å². The largest absolute Gasteiger partial charge is 0.416 e. The summed E-state index contributed by atoms with van der Waals surface area (Å²) in [5.74, 6) is 0.772. The predicted molar refractivity (Wildman–Crippen MR) is 294 cm³/mol. The lowest BCUT2D eigenvalue weighted by Crippen LogP contribution is -2.09. The highest BCUT2D eigenvalue weighted by Gasteiger charge is 2.33. The maximum atomic E-state index is 15.1. The smallest absolute Gasteiger partial charge is 0.308 e. The maximum Gasteiger partial charge on any atom is 0.416 e. The molecule has 0 saturated carbocycles. The zero-order valence-corrected chi connectivity index (χ0v) is 41.6. The average Bonchev–Trinajstić information content (AvgIpc) is 3.87. The van der Waals surface area contributed by atoms with Crippen LogP contribution in [0.3, 0.4) is 0 Å². The van der Waals surface area contributed by atoms with Gasteiger partial charge in [-0.15, -0.1) is 0 Å². The third kappa shape index (κ3) is 7.76. The van der Waals surface area contributed by atoms with Gasteiger partial charge in [-0.2, -0.15) is 13.2 Å². The van der Waals surface area contributed by atoms with E-state index in [9.17, 15) is 0 Å². The molecule has 9 aromatic carbocycles. The molecule has 5 nitrogen and oxygen atoms in total. The van der Waals surface area contributed by atoms with Gasteiger partial charge in [0, 0.05) is 38.2 Å². The van der Waals surface area contributed by atoms with Crippen LogP contribution in [0.15, 0.2) is 176 Å². The van der Waals surface area contributed by atoms with Gasteiger partial charge in [0.05, 0.1) is 39.0 Å². The van der Waals surface area contributed by atoms with Crippen LogP contribution in [-0.4, -0.2) is 24.1 Å².